The van der Waals surface area contributed by atoms with Crippen molar-refractivity contribution in [3.63, 3.8) is 0 Å². The number of carbonyl (C=O) groups is 1. The second kappa shape index (κ2) is 4.05. The number of carbonyl (C=O) groups excluding carboxylic acids is 1. The van der Waals surface area contributed by atoms with Crippen LogP contribution >= 0.6 is 11.6 Å². The molecule has 0 aliphatic heterocycles. The molecule has 1 aromatic heterocycles. The van der Waals surface area contributed by atoms with Crippen LogP contribution in [-0.4, -0.2) is 25.6 Å². The maximum Gasteiger partial charge on any atom is 0.266 e. The predicted molar refractivity (Wildman–Crippen MR) is 65.6 cm³/mol. The number of aromatic amines is 1. The zero-order valence-corrected chi connectivity index (χ0v) is 10.4. The Bertz CT molecular complexity index is 691. The van der Waals surface area contributed by atoms with Crippen molar-refractivity contribution < 1.29 is 13.2 Å². The molecule has 17 heavy (non-hydrogen) atoms. The van der Waals surface area contributed by atoms with Crippen LogP contribution in [0.1, 0.15) is 10.4 Å². The first-order chi connectivity index (χ1) is 7.87. The van der Waals surface area contributed by atoms with Crippen molar-refractivity contribution in [1.82, 2.24) is 9.71 Å². The summed E-state index contributed by atoms with van der Waals surface area (Å²) in [6.45, 7) is 0. The highest BCUT2D eigenvalue weighted by atomic mass is 35.5. The molecule has 0 aliphatic carbocycles. The fourth-order valence-corrected chi connectivity index (χ4v) is 2.12. The van der Waals surface area contributed by atoms with Crippen LogP contribution in [0.4, 0.5) is 0 Å². The van der Waals surface area contributed by atoms with Crippen LogP contribution in [0.2, 0.25) is 5.02 Å². The average Bonchev–Trinajstić information content (AvgIpc) is 2.57. The highest BCUT2D eigenvalue weighted by molar-refractivity contribution is 7.89. The average molecular weight is 273 g/mol. The summed E-state index contributed by atoms with van der Waals surface area (Å²) in [5.41, 5.74) is 0.959. The SMILES string of the molecule is CS(=O)(=O)NC(=O)c1c[nH]c2ccc(Cl)cc12. The van der Waals surface area contributed by atoms with Crippen LogP contribution in [0.15, 0.2) is 24.4 Å². The van der Waals surface area contributed by atoms with Gasteiger partial charge in [-0.15, -0.1) is 0 Å². The standard InChI is InChI=1S/C10H9ClN2O3S/c1-17(15,16)13-10(14)8-5-12-9-3-2-6(11)4-7(8)9/h2-5,12H,1H3,(H,13,14). The minimum Gasteiger partial charge on any atom is -0.360 e. The van der Waals surface area contributed by atoms with Gasteiger partial charge in [0.05, 0.1) is 11.8 Å². The number of hydrogen-bond acceptors (Lipinski definition) is 3. The van der Waals surface area contributed by atoms with Crippen molar-refractivity contribution in [3.05, 3.63) is 35.0 Å². The number of rotatable bonds is 2. The van der Waals surface area contributed by atoms with Crippen molar-refractivity contribution in [1.29, 1.82) is 0 Å². The van der Waals surface area contributed by atoms with E-state index < -0.39 is 15.9 Å². The Hall–Kier alpha value is -1.53. The molecule has 0 saturated carbocycles. The molecule has 1 amide bonds. The molecule has 1 heterocycles. The summed E-state index contributed by atoms with van der Waals surface area (Å²) in [5.74, 6) is -0.680. The van der Waals surface area contributed by atoms with Crippen LogP contribution in [0.3, 0.4) is 0 Å². The molecule has 5 nitrogen and oxygen atoms in total. The topological polar surface area (TPSA) is 79.0 Å². The molecule has 0 bridgehead atoms. The van der Waals surface area contributed by atoms with Gasteiger partial charge in [-0.2, -0.15) is 0 Å². The first-order valence-electron chi connectivity index (χ1n) is 4.65. The lowest BCUT2D eigenvalue weighted by molar-refractivity contribution is 0.0983. The molecular weight excluding hydrogens is 264 g/mol. The first kappa shape index (κ1) is 11.9. The Labute approximate surface area is 103 Å². The second-order valence-electron chi connectivity index (χ2n) is 3.60. The highest BCUT2D eigenvalue weighted by Crippen LogP contribution is 2.22. The maximum absolute atomic E-state index is 11.7. The van der Waals surface area contributed by atoms with Crippen molar-refractivity contribution in [2.24, 2.45) is 0 Å². The number of amides is 1. The Morgan fingerprint density at radius 1 is 1.41 bits per heavy atom. The summed E-state index contributed by atoms with van der Waals surface area (Å²) in [6, 6.07) is 5.00. The normalized spacial score (nSPS) is 11.6. The molecule has 0 fully saturated rings. The number of halogens is 1. The highest BCUT2D eigenvalue weighted by Gasteiger charge is 2.15. The van der Waals surface area contributed by atoms with Gasteiger partial charge in [0.1, 0.15) is 0 Å². The lowest BCUT2D eigenvalue weighted by Gasteiger charge is -2.01. The molecule has 2 N–H and O–H groups in total. The van der Waals surface area contributed by atoms with E-state index in [-0.39, 0.29) is 5.56 Å². The van der Waals surface area contributed by atoms with Gasteiger partial charge >= 0.3 is 0 Å². The number of sulfonamides is 1. The van der Waals surface area contributed by atoms with Crippen LogP contribution in [0, 0.1) is 0 Å². The summed E-state index contributed by atoms with van der Waals surface area (Å²) in [5, 5.41) is 1.06. The maximum atomic E-state index is 11.7. The zero-order valence-electron chi connectivity index (χ0n) is 8.82. The Morgan fingerprint density at radius 2 is 2.12 bits per heavy atom. The molecule has 0 unspecified atom stereocenters. The van der Waals surface area contributed by atoms with Crippen molar-refractivity contribution in [2.75, 3.05) is 6.26 Å². The fraction of sp³-hybridized carbons (Fsp3) is 0.100. The molecule has 1 aromatic carbocycles. The summed E-state index contributed by atoms with van der Waals surface area (Å²) in [7, 11) is -3.57. The molecule has 2 rings (SSSR count). The zero-order chi connectivity index (χ0) is 12.6. The smallest absolute Gasteiger partial charge is 0.266 e. The lowest BCUT2D eigenvalue weighted by Crippen LogP contribution is -2.29. The van der Waals surface area contributed by atoms with Gasteiger partial charge in [-0.3, -0.25) is 4.79 Å². The van der Waals surface area contributed by atoms with Crippen LogP contribution in [-0.2, 0) is 10.0 Å². The van der Waals surface area contributed by atoms with Gasteiger partial charge in [-0.05, 0) is 18.2 Å². The van der Waals surface area contributed by atoms with Gasteiger partial charge in [0.2, 0.25) is 10.0 Å². The Kier molecular flexibility index (Phi) is 2.84. The molecule has 0 saturated heterocycles. The molecule has 0 aliphatic rings. The minimum absolute atomic E-state index is 0.243. The van der Waals surface area contributed by atoms with Gasteiger partial charge < -0.3 is 4.98 Å². The Balaban J connectivity index is 2.49. The number of aromatic nitrogens is 1. The van der Waals surface area contributed by atoms with E-state index in [2.05, 4.69) is 4.98 Å². The van der Waals surface area contributed by atoms with E-state index in [1.807, 2.05) is 4.72 Å². The van der Waals surface area contributed by atoms with Crippen molar-refractivity contribution in [3.8, 4) is 0 Å². The monoisotopic (exact) mass is 272 g/mol. The number of nitrogens with one attached hydrogen (secondary N) is 2. The molecule has 0 atom stereocenters. The number of benzene rings is 1. The molecule has 0 radical (unpaired) electrons. The van der Waals surface area contributed by atoms with E-state index in [1.54, 1.807) is 18.2 Å². The molecule has 2 aromatic rings. The summed E-state index contributed by atoms with van der Waals surface area (Å²) >= 11 is 5.82. The van der Waals surface area contributed by atoms with Gasteiger partial charge in [0.25, 0.3) is 5.91 Å². The second-order valence-corrected chi connectivity index (χ2v) is 5.78. The third-order valence-electron chi connectivity index (χ3n) is 2.17. The number of hydrogen-bond donors (Lipinski definition) is 2. The van der Waals surface area contributed by atoms with E-state index in [9.17, 15) is 13.2 Å². The third-order valence-corrected chi connectivity index (χ3v) is 2.96. The van der Waals surface area contributed by atoms with E-state index in [1.165, 1.54) is 6.20 Å². The summed E-state index contributed by atoms with van der Waals surface area (Å²) in [6.07, 6.45) is 2.37. The molecule has 7 heteroatoms. The third kappa shape index (κ3) is 2.59. The van der Waals surface area contributed by atoms with E-state index in [0.717, 1.165) is 6.26 Å². The fourth-order valence-electron chi connectivity index (χ4n) is 1.50. The first-order valence-corrected chi connectivity index (χ1v) is 6.92. The van der Waals surface area contributed by atoms with Crippen LogP contribution in [0.5, 0.6) is 0 Å². The lowest BCUT2D eigenvalue weighted by atomic mass is 10.2. The van der Waals surface area contributed by atoms with Gasteiger partial charge in [-0.1, -0.05) is 11.6 Å². The van der Waals surface area contributed by atoms with Crippen molar-refractivity contribution >= 4 is 38.4 Å². The van der Waals surface area contributed by atoms with Crippen LogP contribution in [0.25, 0.3) is 10.9 Å². The number of fused-ring (bicyclic) bond motifs is 1. The molecule has 0 spiro atoms. The van der Waals surface area contributed by atoms with Crippen molar-refractivity contribution in [2.45, 2.75) is 0 Å². The van der Waals surface area contributed by atoms with Gasteiger partial charge in [-0.25, -0.2) is 13.1 Å². The summed E-state index contributed by atoms with van der Waals surface area (Å²) in [4.78, 5) is 14.6. The minimum atomic E-state index is -3.57. The predicted octanol–water partition coefficient (Wildman–Crippen LogP) is 1.51. The molecular formula is C10H9ClN2O3S. The largest absolute Gasteiger partial charge is 0.360 e. The summed E-state index contributed by atoms with van der Waals surface area (Å²) < 4.78 is 23.8. The van der Waals surface area contributed by atoms with E-state index in [4.69, 9.17) is 11.6 Å². The number of H-pyrrole nitrogens is 1. The van der Waals surface area contributed by atoms with Crippen LogP contribution < -0.4 is 4.72 Å². The Morgan fingerprint density at radius 3 is 2.76 bits per heavy atom. The van der Waals surface area contributed by atoms with Gasteiger partial charge in [0.15, 0.2) is 0 Å². The van der Waals surface area contributed by atoms with E-state index >= 15 is 0 Å². The quantitative estimate of drug-likeness (QED) is 0.870. The van der Waals surface area contributed by atoms with Gasteiger partial charge in [0, 0.05) is 22.1 Å². The van der Waals surface area contributed by atoms with E-state index in [0.29, 0.717) is 15.9 Å². The molecule has 90 valence electrons.